The maximum absolute atomic E-state index is 12.4. The van der Waals surface area contributed by atoms with Crippen molar-refractivity contribution in [2.75, 3.05) is 20.3 Å². The van der Waals surface area contributed by atoms with E-state index in [9.17, 15) is 4.79 Å². The molecule has 4 aromatic rings. The standard InChI is InChI=1S/C30H34ClN3O3/c1-21-18-25(19-22(2)29(21)31)37-17-16-34-27-13-7-6-12-26(27)33-28(34)14-5-4-8-15-32-30(35)23-10-9-11-24(20-23)36-3/h6-7,9-13,18-20H,4-5,8,14-17H2,1-3H3,(H,32,35). The van der Waals surface area contributed by atoms with E-state index in [1.807, 2.05) is 50.2 Å². The molecule has 0 fully saturated rings. The molecule has 0 unspecified atom stereocenters. The van der Waals surface area contributed by atoms with Crippen LogP contribution in [0, 0.1) is 13.8 Å². The first kappa shape index (κ1) is 26.6. The Bertz CT molecular complexity index is 1340. The van der Waals surface area contributed by atoms with E-state index < -0.39 is 0 Å². The van der Waals surface area contributed by atoms with Crippen LogP contribution in [0.2, 0.25) is 5.02 Å². The third-order valence-corrected chi connectivity index (χ3v) is 7.02. The van der Waals surface area contributed by atoms with Crippen LogP contribution in [0.1, 0.15) is 46.6 Å². The largest absolute Gasteiger partial charge is 0.497 e. The Hall–Kier alpha value is -3.51. The zero-order valence-corrected chi connectivity index (χ0v) is 22.5. The molecule has 37 heavy (non-hydrogen) atoms. The normalized spacial score (nSPS) is 11.0. The molecule has 4 rings (SSSR count). The molecule has 1 aromatic heterocycles. The van der Waals surface area contributed by atoms with Gasteiger partial charge in [0.05, 0.1) is 24.7 Å². The van der Waals surface area contributed by atoms with Gasteiger partial charge in [-0.3, -0.25) is 4.79 Å². The lowest BCUT2D eigenvalue weighted by Gasteiger charge is -2.13. The van der Waals surface area contributed by atoms with Crippen LogP contribution in [0.5, 0.6) is 11.5 Å². The molecule has 1 heterocycles. The van der Waals surface area contributed by atoms with Crippen molar-refractivity contribution in [1.82, 2.24) is 14.9 Å². The second-order valence-electron chi connectivity index (χ2n) is 9.19. The summed E-state index contributed by atoms with van der Waals surface area (Å²) < 4.78 is 13.5. The molecular formula is C30H34ClN3O3. The summed E-state index contributed by atoms with van der Waals surface area (Å²) in [7, 11) is 1.60. The smallest absolute Gasteiger partial charge is 0.251 e. The number of methoxy groups -OCH3 is 1. The molecule has 0 atom stereocenters. The highest BCUT2D eigenvalue weighted by Gasteiger charge is 2.11. The lowest BCUT2D eigenvalue weighted by molar-refractivity contribution is 0.0952. The number of rotatable bonds is 12. The number of nitrogens with one attached hydrogen (secondary N) is 1. The average Bonchev–Trinajstić information content (AvgIpc) is 3.26. The van der Waals surface area contributed by atoms with Gasteiger partial charge in [0.25, 0.3) is 5.91 Å². The van der Waals surface area contributed by atoms with E-state index in [0.29, 0.717) is 31.0 Å². The van der Waals surface area contributed by atoms with Crippen molar-refractivity contribution >= 4 is 28.5 Å². The van der Waals surface area contributed by atoms with Crippen LogP contribution in [0.4, 0.5) is 0 Å². The molecule has 0 aliphatic carbocycles. The second kappa shape index (κ2) is 12.6. The second-order valence-corrected chi connectivity index (χ2v) is 9.56. The number of aromatic nitrogens is 2. The summed E-state index contributed by atoms with van der Waals surface area (Å²) in [6, 6.07) is 19.4. The molecule has 3 aromatic carbocycles. The molecule has 194 valence electrons. The number of nitrogens with zero attached hydrogens (tertiary/aromatic N) is 2. The first-order valence-electron chi connectivity index (χ1n) is 12.7. The minimum absolute atomic E-state index is 0.0771. The Morgan fingerprint density at radius 3 is 2.54 bits per heavy atom. The van der Waals surface area contributed by atoms with Gasteiger partial charge in [-0.15, -0.1) is 0 Å². The van der Waals surface area contributed by atoms with Gasteiger partial charge in [-0.25, -0.2) is 4.98 Å². The molecule has 0 spiro atoms. The van der Waals surface area contributed by atoms with Crippen LogP contribution in [-0.4, -0.2) is 35.7 Å². The van der Waals surface area contributed by atoms with Gasteiger partial charge in [-0.2, -0.15) is 0 Å². The fraction of sp³-hybridized carbons (Fsp3) is 0.333. The number of unbranched alkanes of at least 4 members (excludes halogenated alkanes) is 2. The monoisotopic (exact) mass is 519 g/mol. The average molecular weight is 520 g/mol. The summed E-state index contributed by atoms with van der Waals surface area (Å²) in [5.74, 6) is 2.50. The SMILES string of the molecule is COc1cccc(C(=O)NCCCCCc2nc3ccccc3n2CCOc2cc(C)c(Cl)c(C)c2)c1. The van der Waals surface area contributed by atoms with E-state index in [1.54, 1.807) is 19.2 Å². The molecule has 0 bridgehead atoms. The van der Waals surface area contributed by atoms with E-state index in [2.05, 4.69) is 22.0 Å². The van der Waals surface area contributed by atoms with Crippen molar-refractivity contribution in [3.8, 4) is 11.5 Å². The third-order valence-electron chi connectivity index (χ3n) is 6.42. The molecule has 0 saturated carbocycles. The van der Waals surface area contributed by atoms with Crippen molar-refractivity contribution in [1.29, 1.82) is 0 Å². The lowest BCUT2D eigenvalue weighted by Crippen LogP contribution is -2.24. The summed E-state index contributed by atoms with van der Waals surface area (Å²) in [4.78, 5) is 17.3. The number of amides is 1. The van der Waals surface area contributed by atoms with Gasteiger partial charge in [0.15, 0.2) is 0 Å². The molecule has 0 aliphatic heterocycles. The van der Waals surface area contributed by atoms with Gasteiger partial charge in [-0.05, 0) is 80.3 Å². The predicted molar refractivity (Wildman–Crippen MR) is 149 cm³/mol. The highest BCUT2D eigenvalue weighted by Crippen LogP contribution is 2.26. The topological polar surface area (TPSA) is 65.4 Å². The van der Waals surface area contributed by atoms with Crippen molar-refractivity contribution in [3.05, 3.63) is 88.2 Å². The number of carbonyl (C=O) groups is 1. The zero-order chi connectivity index (χ0) is 26.2. The summed E-state index contributed by atoms with van der Waals surface area (Å²) in [5.41, 5.74) is 4.77. The Kier molecular flexibility index (Phi) is 9.07. The number of fused-ring (bicyclic) bond motifs is 1. The molecule has 6 nitrogen and oxygen atoms in total. The van der Waals surface area contributed by atoms with E-state index in [-0.39, 0.29) is 5.91 Å². The van der Waals surface area contributed by atoms with E-state index in [1.165, 1.54) is 0 Å². The van der Waals surface area contributed by atoms with Gasteiger partial charge in [0.2, 0.25) is 0 Å². The van der Waals surface area contributed by atoms with Crippen molar-refractivity contribution in [3.63, 3.8) is 0 Å². The van der Waals surface area contributed by atoms with E-state index in [0.717, 1.165) is 64.4 Å². The number of hydrogen-bond acceptors (Lipinski definition) is 4. The molecule has 0 radical (unpaired) electrons. The molecule has 1 N–H and O–H groups in total. The Morgan fingerprint density at radius 1 is 0.973 bits per heavy atom. The highest BCUT2D eigenvalue weighted by atomic mass is 35.5. The number of hydrogen-bond donors (Lipinski definition) is 1. The van der Waals surface area contributed by atoms with Crippen molar-refractivity contribution in [2.24, 2.45) is 0 Å². The number of halogens is 1. The van der Waals surface area contributed by atoms with Crippen molar-refractivity contribution < 1.29 is 14.3 Å². The number of benzene rings is 3. The fourth-order valence-corrected chi connectivity index (χ4v) is 4.57. The van der Waals surface area contributed by atoms with Gasteiger partial charge in [-0.1, -0.05) is 36.2 Å². The van der Waals surface area contributed by atoms with Crippen LogP contribution in [0.3, 0.4) is 0 Å². The summed E-state index contributed by atoms with van der Waals surface area (Å²) in [5, 5.41) is 3.78. The quantitative estimate of drug-likeness (QED) is 0.216. The first-order valence-corrected chi connectivity index (χ1v) is 13.1. The Labute approximate surface area is 223 Å². The minimum Gasteiger partial charge on any atom is -0.497 e. The number of imidazole rings is 1. The highest BCUT2D eigenvalue weighted by molar-refractivity contribution is 6.32. The molecule has 7 heteroatoms. The van der Waals surface area contributed by atoms with E-state index in [4.69, 9.17) is 26.1 Å². The van der Waals surface area contributed by atoms with Crippen molar-refractivity contribution in [2.45, 2.75) is 46.1 Å². The molecule has 0 aliphatic rings. The van der Waals surface area contributed by atoms with E-state index >= 15 is 0 Å². The van der Waals surface area contributed by atoms with Crippen LogP contribution in [0.15, 0.2) is 60.7 Å². The number of ether oxygens (including phenoxy) is 2. The minimum atomic E-state index is -0.0771. The molecular weight excluding hydrogens is 486 g/mol. The Balaban J connectivity index is 1.28. The fourth-order valence-electron chi connectivity index (χ4n) is 4.46. The van der Waals surface area contributed by atoms with Gasteiger partial charge in [0.1, 0.15) is 23.9 Å². The maximum atomic E-state index is 12.4. The number of aryl methyl sites for hydroxylation is 3. The molecule has 1 amide bonds. The number of carbonyl (C=O) groups excluding carboxylic acids is 1. The Morgan fingerprint density at radius 2 is 1.76 bits per heavy atom. The summed E-state index contributed by atoms with van der Waals surface area (Å²) in [6.07, 6.45) is 3.78. The van der Waals surface area contributed by atoms with Crippen LogP contribution < -0.4 is 14.8 Å². The number of para-hydroxylation sites is 2. The molecule has 0 saturated heterocycles. The summed E-state index contributed by atoms with van der Waals surface area (Å²) in [6.45, 7) is 5.89. The lowest BCUT2D eigenvalue weighted by atomic mass is 10.1. The zero-order valence-electron chi connectivity index (χ0n) is 21.7. The van der Waals surface area contributed by atoms with Gasteiger partial charge in [0, 0.05) is 23.6 Å². The third kappa shape index (κ3) is 6.83. The van der Waals surface area contributed by atoms with Crippen LogP contribution >= 0.6 is 11.6 Å². The maximum Gasteiger partial charge on any atom is 0.251 e. The van der Waals surface area contributed by atoms with Gasteiger partial charge < -0.3 is 19.4 Å². The summed E-state index contributed by atoms with van der Waals surface area (Å²) >= 11 is 6.29. The van der Waals surface area contributed by atoms with Crippen LogP contribution in [-0.2, 0) is 13.0 Å². The van der Waals surface area contributed by atoms with Gasteiger partial charge >= 0.3 is 0 Å². The van der Waals surface area contributed by atoms with Crippen LogP contribution in [0.25, 0.3) is 11.0 Å². The first-order chi connectivity index (χ1) is 18.0. The predicted octanol–water partition coefficient (Wildman–Crippen LogP) is 6.54.